The molecule has 1 aliphatic rings. The highest BCUT2D eigenvalue weighted by Crippen LogP contribution is 2.27. The van der Waals surface area contributed by atoms with Gasteiger partial charge < -0.3 is 5.73 Å². The second-order valence-corrected chi connectivity index (χ2v) is 6.68. The molecule has 1 aromatic carbocycles. The molecular formula is C13H16N4O2S. The fourth-order valence-electron chi connectivity index (χ4n) is 2.42. The molecule has 1 heterocycles. The van der Waals surface area contributed by atoms with E-state index in [1.54, 1.807) is 19.1 Å². The van der Waals surface area contributed by atoms with Gasteiger partial charge in [-0.3, -0.25) is 9.82 Å². The van der Waals surface area contributed by atoms with Crippen LogP contribution in [0, 0.1) is 6.92 Å². The first-order valence-electron chi connectivity index (χ1n) is 6.42. The summed E-state index contributed by atoms with van der Waals surface area (Å²) >= 11 is 0. The van der Waals surface area contributed by atoms with Crippen LogP contribution < -0.4 is 10.5 Å². The molecule has 0 amide bonds. The van der Waals surface area contributed by atoms with Gasteiger partial charge in [0.25, 0.3) is 10.0 Å². The first kappa shape index (κ1) is 13.0. The number of benzene rings is 1. The molecule has 0 atom stereocenters. The molecule has 20 heavy (non-hydrogen) atoms. The van der Waals surface area contributed by atoms with Crippen LogP contribution in [0.25, 0.3) is 0 Å². The number of anilines is 2. The lowest BCUT2D eigenvalue weighted by Crippen LogP contribution is -2.14. The van der Waals surface area contributed by atoms with Crippen molar-refractivity contribution in [3.8, 4) is 0 Å². The standard InChI is InChI=1S/C13H16N4O2S/c1-8-12(14)13(16-15-8)17-20(18,19)11-6-5-9-3-2-4-10(9)7-11/h5-7H,2-4,14H2,1H3,(H2,15,16,17). The Morgan fingerprint density at radius 2 is 2.05 bits per heavy atom. The van der Waals surface area contributed by atoms with Crippen molar-refractivity contribution in [1.29, 1.82) is 0 Å². The third-order valence-electron chi connectivity index (χ3n) is 3.61. The zero-order valence-corrected chi connectivity index (χ0v) is 11.9. The summed E-state index contributed by atoms with van der Waals surface area (Å²) < 4.78 is 27.1. The monoisotopic (exact) mass is 292 g/mol. The SMILES string of the molecule is Cc1[nH]nc(NS(=O)(=O)c2ccc3c(c2)CCC3)c1N. The van der Waals surface area contributed by atoms with Gasteiger partial charge in [0, 0.05) is 0 Å². The number of aryl methyl sites for hydroxylation is 3. The molecule has 0 aliphatic heterocycles. The van der Waals surface area contributed by atoms with E-state index in [9.17, 15) is 8.42 Å². The van der Waals surface area contributed by atoms with Gasteiger partial charge in [0.1, 0.15) is 0 Å². The van der Waals surface area contributed by atoms with Crippen LogP contribution in [-0.4, -0.2) is 18.6 Å². The van der Waals surface area contributed by atoms with E-state index in [0.717, 1.165) is 24.8 Å². The minimum absolute atomic E-state index is 0.142. The molecule has 0 saturated carbocycles. The van der Waals surface area contributed by atoms with E-state index in [4.69, 9.17) is 5.73 Å². The van der Waals surface area contributed by atoms with Crippen LogP contribution in [0.1, 0.15) is 23.2 Å². The smallest absolute Gasteiger partial charge is 0.263 e. The van der Waals surface area contributed by atoms with Crippen molar-refractivity contribution in [2.75, 3.05) is 10.5 Å². The van der Waals surface area contributed by atoms with Crippen molar-refractivity contribution in [3.05, 3.63) is 35.0 Å². The summed E-state index contributed by atoms with van der Waals surface area (Å²) in [6, 6.07) is 5.25. The van der Waals surface area contributed by atoms with Crippen molar-refractivity contribution < 1.29 is 8.42 Å². The Kier molecular flexibility index (Phi) is 2.93. The molecule has 0 fully saturated rings. The minimum Gasteiger partial charge on any atom is -0.394 e. The number of nitrogens with one attached hydrogen (secondary N) is 2. The summed E-state index contributed by atoms with van der Waals surface area (Å²) in [5.41, 5.74) is 9.05. The van der Waals surface area contributed by atoms with E-state index in [1.165, 1.54) is 5.56 Å². The Morgan fingerprint density at radius 3 is 2.75 bits per heavy atom. The number of H-pyrrole nitrogens is 1. The molecule has 0 spiro atoms. The summed E-state index contributed by atoms with van der Waals surface area (Å²) in [6.07, 6.45) is 3.04. The molecule has 0 bridgehead atoms. The van der Waals surface area contributed by atoms with E-state index >= 15 is 0 Å². The highest BCUT2D eigenvalue weighted by Gasteiger charge is 2.20. The molecule has 3 rings (SSSR count). The highest BCUT2D eigenvalue weighted by molar-refractivity contribution is 7.92. The number of nitrogens with two attached hydrogens (primary N) is 1. The zero-order chi connectivity index (χ0) is 14.3. The molecule has 0 saturated heterocycles. The Bertz CT molecular complexity index is 765. The Labute approximate surface area is 117 Å². The van der Waals surface area contributed by atoms with E-state index in [1.807, 2.05) is 6.07 Å². The van der Waals surface area contributed by atoms with Gasteiger partial charge in [0.15, 0.2) is 5.82 Å². The van der Waals surface area contributed by atoms with Gasteiger partial charge in [-0.1, -0.05) is 6.07 Å². The van der Waals surface area contributed by atoms with Gasteiger partial charge in [-0.05, 0) is 49.4 Å². The number of hydrogen-bond donors (Lipinski definition) is 3. The van der Waals surface area contributed by atoms with Crippen LogP contribution in [0.5, 0.6) is 0 Å². The fraction of sp³-hybridized carbons (Fsp3) is 0.308. The Hall–Kier alpha value is -2.02. The molecule has 0 radical (unpaired) electrons. The van der Waals surface area contributed by atoms with E-state index in [-0.39, 0.29) is 10.7 Å². The Balaban J connectivity index is 1.94. The molecular weight excluding hydrogens is 276 g/mol. The first-order valence-corrected chi connectivity index (χ1v) is 7.91. The van der Waals surface area contributed by atoms with Gasteiger partial charge in [-0.2, -0.15) is 5.10 Å². The molecule has 6 nitrogen and oxygen atoms in total. The molecule has 1 aliphatic carbocycles. The third kappa shape index (κ3) is 2.14. The van der Waals surface area contributed by atoms with Crippen LogP contribution in [0.15, 0.2) is 23.1 Å². The largest absolute Gasteiger partial charge is 0.394 e. The number of nitrogens with zero attached hydrogens (tertiary/aromatic N) is 1. The fourth-order valence-corrected chi connectivity index (χ4v) is 3.49. The quantitative estimate of drug-likeness (QED) is 0.799. The van der Waals surface area contributed by atoms with Gasteiger partial charge in [0.2, 0.25) is 0 Å². The van der Waals surface area contributed by atoms with Crippen LogP contribution in [0.4, 0.5) is 11.5 Å². The van der Waals surface area contributed by atoms with Crippen molar-refractivity contribution in [2.24, 2.45) is 0 Å². The third-order valence-corrected chi connectivity index (χ3v) is 4.94. The number of aromatic amines is 1. The lowest BCUT2D eigenvalue weighted by molar-refractivity contribution is 0.601. The first-order chi connectivity index (χ1) is 9.47. The number of sulfonamides is 1. The van der Waals surface area contributed by atoms with Crippen molar-refractivity contribution in [2.45, 2.75) is 31.1 Å². The van der Waals surface area contributed by atoms with Gasteiger partial charge in [-0.15, -0.1) is 0 Å². The summed E-state index contributed by atoms with van der Waals surface area (Å²) in [6.45, 7) is 1.73. The highest BCUT2D eigenvalue weighted by atomic mass is 32.2. The van der Waals surface area contributed by atoms with Crippen LogP contribution in [0.3, 0.4) is 0 Å². The number of rotatable bonds is 3. The second-order valence-electron chi connectivity index (χ2n) is 5.00. The van der Waals surface area contributed by atoms with E-state index < -0.39 is 10.0 Å². The van der Waals surface area contributed by atoms with Gasteiger partial charge >= 0.3 is 0 Å². The van der Waals surface area contributed by atoms with Crippen LogP contribution in [0.2, 0.25) is 0 Å². The van der Waals surface area contributed by atoms with E-state index in [0.29, 0.717) is 11.4 Å². The summed E-state index contributed by atoms with van der Waals surface area (Å²) in [5, 5.41) is 6.51. The molecule has 1 aromatic heterocycles. The Morgan fingerprint density at radius 1 is 1.30 bits per heavy atom. The number of hydrogen-bond acceptors (Lipinski definition) is 4. The minimum atomic E-state index is -3.66. The maximum absolute atomic E-state index is 12.3. The molecule has 4 N–H and O–H groups in total. The summed E-state index contributed by atoms with van der Waals surface area (Å²) in [4.78, 5) is 0.248. The van der Waals surface area contributed by atoms with Crippen molar-refractivity contribution >= 4 is 21.5 Å². The van der Waals surface area contributed by atoms with Gasteiger partial charge in [-0.25, -0.2) is 8.42 Å². The number of aromatic nitrogens is 2. The predicted molar refractivity (Wildman–Crippen MR) is 77.0 cm³/mol. The lowest BCUT2D eigenvalue weighted by atomic mass is 10.1. The van der Waals surface area contributed by atoms with Crippen LogP contribution in [-0.2, 0) is 22.9 Å². The van der Waals surface area contributed by atoms with Crippen molar-refractivity contribution in [1.82, 2.24) is 10.2 Å². The van der Waals surface area contributed by atoms with Crippen LogP contribution >= 0.6 is 0 Å². The van der Waals surface area contributed by atoms with Gasteiger partial charge in [0.05, 0.1) is 16.3 Å². The normalized spacial score (nSPS) is 14.2. The maximum atomic E-state index is 12.3. The summed E-state index contributed by atoms with van der Waals surface area (Å²) in [5.74, 6) is 0.142. The molecule has 106 valence electrons. The predicted octanol–water partition coefficient (Wildman–Crippen LogP) is 1.59. The second kappa shape index (κ2) is 4.52. The average Bonchev–Trinajstić information content (AvgIpc) is 2.99. The average molecular weight is 292 g/mol. The zero-order valence-electron chi connectivity index (χ0n) is 11.1. The molecule has 7 heteroatoms. The molecule has 0 unspecified atom stereocenters. The summed E-state index contributed by atoms with van der Waals surface area (Å²) in [7, 11) is -3.66. The molecule has 2 aromatic rings. The topological polar surface area (TPSA) is 101 Å². The van der Waals surface area contributed by atoms with E-state index in [2.05, 4.69) is 14.9 Å². The number of fused-ring (bicyclic) bond motifs is 1. The maximum Gasteiger partial charge on any atom is 0.263 e. The number of nitrogen functional groups attached to an aromatic ring is 1. The lowest BCUT2D eigenvalue weighted by Gasteiger charge is -2.08. The van der Waals surface area contributed by atoms with Crippen molar-refractivity contribution in [3.63, 3.8) is 0 Å².